The summed E-state index contributed by atoms with van der Waals surface area (Å²) >= 11 is 1.13. The first kappa shape index (κ1) is 16.6. The Hall–Kier alpha value is -2.25. The van der Waals surface area contributed by atoms with Crippen molar-refractivity contribution in [1.82, 2.24) is 0 Å². The number of hydrogen-bond acceptors (Lipinski definition) is 6. The van der Waals surface area contributed by atoms with Crippen molar-refractivity contribution in [2.75, 3.05) is 31.2 Å². The summed E-state index contributed by atoms with van der Waals surface area (Å²) in [5.74, 6) is 0.0552. The van der Waals surface area contributed by atoms with Crippen LogP contribution >= 0.6 is 11.3 Å². The van der Waals surface area contributed by atoms with Gasteiger partial charge in [-0.25, -0.2) is 0 Å². The molecule has 1 aliphatic heterocycles. The van der Waals surface area contributed by atoms with Crippen LogP contribution in [-0.4, -0.2) is 37.0 Å². The molecule has 0 spiro atoms. The molecule has 0 aliphatic carbocycles. The fourth-order valence-electron chi connectivity index (χ4n) is 2.66. The molecule has 6 nitrogen and oxygen atoms in total. The highest BCUT2D eigenvalue weighted by molar-refractivity contribution is 7.15. The van der Waals surface area contributed by atoms with Gasteiger partial charge in [0.05, 0.1) is 18.1 Å². The smallest absolute Gasteiger partial charge is 0.324 e. The molecule has 2 heterocycles. The number of ether oxygens (including phenoxy) is 1. The molecule has 0 radical (unpaired) electrons. The Kier molecular flexibility index (Phi) is 5.22. The number of nitrogens with zero attached hydrogens (tertiary/aromatic N) is 2. The van der Waals surface area contributed by atoms with E-state index in [0.29, 0.717) is 18.4 Å². The van der Waals surface area contributed by atoms with Gasteiger partial charge in [0, 0.05) is 41.7 Å². The van der Waals surface area contributed by atoms with Gasteiger partial charge in [-0.3, -0.25) is 14.9 Å². The lowest BCUT2D eigenvalue weighted by Crippen LogP contribution is -2.36. The van der Waals surface area contributed by atoms with E-state index in [1.165, 1.54) is 6.07 Å². The zero-order valence-corrected chi connectivity index (χ0v) is 14.0. The van der Waals surface area contributed by atoms with Crippen molar-refractivity contribution in [2.45, 2.75) is 12.8 Å². The van der Waals surface area contributed by atoms with E-state index in [1.807, 2.05) is 24.3 Å². The summed E-state index contributed by atoms with van der Waals surface area (Å²) in [5.41, 5.74) is 1.78. The fraction of sp³-hybridized carbons (Fsp3) is 0.353. The van der Waals surface area contributed by atoms with Crippen LogP contribution in [0.5, 0.6) is 0 Å². The number of anilines is 1. The van der Waals surface area contributed by atoms with Crippen molar-refractivity contribution in [3.8, 4) is 0 Å². The highest BCUT2D eigenvalue weighted by Gasteiger charge is 2.14. The quantitative estimate of drug-likeness (QED) is 0.456. The van der Waals surface area contributed by atoms with Crippen LogP contribution in [0.15, 0.2) is 36.4 Å². The molecule has 0 unspecified atom stereocenters. The van der Waals surface area contributed by atoms with Gasteiger partial charge in [-0.2, -0.15) is 0 Å². The molecule has 3 rings (SSSR count). The number of ketones is 1. The zero-order chi connectivity index (χ0) is 16.9. The van der Waals surface area contributed by atoms with Crippen LogP contribution in [-0.2, 0) is 11.2 Å². The first-order valence-corrected chi connectivity index (χ1v) is 8.64. The molecule has 1 fully saturated rings. The minimum absolute atomic E-state index is 0.0552. The van der Waals surface area contributed by atoms with Crippen molar-refractivity contribution >= 4 is 27.8 Å². The molecule has 126 valence electrons. The average Bonchev–Trinajstić information content (AvgIpc) is 3.10. The lowest BCUT2D eigenvalue weighted by atomic mass is 10.1. The first-order valence-electron chi connectivity index (χ1n) is 7.82. The molecule has 0 saturated carbocycles. The van der Waals surface area contributed by atoms with Gasteiger partial charge in [0.25, 0.3) is 0 Å². The minimum Gasteiger partial charge on any atom is -0.378 e. The predicted octanol–water partition coefficient (Wildman–Crippen LogP) is 3.31. The van der Waals surface area contributed by atoms with E-state index < -0.39 is 4.92 Å². The number of morpholine rings is 1. The number of hydrogen-bond donors (Lipinski definition) is 0. The van der Waals surface area contributed by atoms with Crippen LogP contribution < -0.4 is 4.90 Å². The average molecular weight is 346 g/mol. The summed E-state index contributed by atoms with van der Waals surface area (Å²) in [7, 11) is 0. The van der Waals surface area contributed by atoms with Crippen LogP contribution in [0.2, 0.25) is 0 Å². The van der Waals surface area contributed by atoms with E-state index in [2.05, 4.69) is 4.90 Å². The lowest BCUT2D eigenvalue weighted by Gasteiger charge is -2.28. The number of benzene rings is 1. The summed E-state index contributed by atoms with van der Waals surface area (Å²) in [6.45, 7) is 3.19. The van der Waals surface area contributed by atoms with E-state index >= 15 is 0 Å². The van der Waals surface area contributed by atoms with Crippen molar-refractivity contribution in [3.05, 3.63) is 57.0 Å². The summed E-state index contributed by atoms with van der Waals surface area (Å²) in [6.07, 6.45) is 0.886. The molecule has 1 aromatic carbocycles. The standard InChI is InChI=1S/C17H18N2O4S/c20-16(7-5-15-6-8-17(24-15)19(21)22)13-1-3-14(4-2-13)18-9-11-23-12-10-18/h1-4,6,8H,5,7,9-12H2. The molecule has 1 aromatic heterocycles. The Balaban J connectivity index is 1.57. The Morgan fingerprint density at radius 3 is 2.50 bits per heavy atom. The van der Waals surface area contributed by atoms with Gasteiger partial charge < -0.3 is 9.64 Å². The largest absolute Gasteiger partial charge is 0.378 e. The third kappa shape index (κ3) is 3.98. The lowest BCUT2D eigenvalue weighted by molar-refractivity contribution is -0.380. The normalized spacial score (nSPS) is 14.6. The van der Waals surface area contributed by atoms with E-state index in [1.54, 1.807) is 6.07 Å². The Bertz CT molecular complexity index is 720. The van der Waals surface area contributed by atoms with Crippen LogP contribution in [0.3, 0.4) is 0 Å². The summed E-state index contributed by atoms with van der Waals surface area (Å²) in [4.78, 5) is 25.7. The topological polar surface area (TPSA) is 72.7 Å². The van der Waals surface area contributed by atoms with Gasteiger partial charge in [-0.05, 0) is 36.8 Å². The molecular weight excluding hydrogens is 328 g/mol. The van der Waals surface area contributed by atoms with Crippen LogP contribution in [0.1, 0.15) is 21.7 Å². The van der Waals surface area contributed by atoms with Crippen molar-refractivity contribution in [3.63, 3.8) is 0 Å². The van der Waals surface area contributed by atoms with Gasteiger partial charge in [0.2, 0.25) is 0 Å². The maximum absolute atomic E-state index is 12.3. The molecule has 0 bridgehead atoms. The van der Waals surface area contributed by atoms with Crippen LogP contribution in [0, 0.1) is 10.1 Å². The van der Waals surface area contributed by atoms with E-state index in [0.717, 1.165) is 48.2 Å². The van der Waals surface area contributed by atoms with Gasteiger partial charge in [-0.1, -0.05) is 11.3 Å². The van der Waals surface area contributed by atoms with E-state index in [4.69, 9.17) is 4.74 Å². The van der Waals surface area contributed by atoms with E-state index in [-0.39, 0.29) is 10.8 Å². The summed E-state index contributed by atoms with van der Waals surface area (Å²) in [6, 6.07) is 10.8. The van der Waals surface area contributed by atoms with Gasteiger partial charge in [0.1, 0.15) is 0 Å². The third-order valence-corrected chi connectivity index (χ3v) is 5.09. The number of rotatable bonds is 6. The highest BCUT2D eigenvalue weighted by Crippen LogP contribution is 2.25. The predicted molar refractivity (Wildman–Crippen MR) is 93.1 cm³/mol. The molecule has 24 heavy (non-hydrogen) atoms. The molecule has 1 aliphatic rings. The molecule has 2 aromatic rings. The van der Waals surface area contributed by atoms with Crippen molar-refractivity contribution in [1.29, 1.82) is 0 Å². The molecule has 0 atom stereocenters. The summed E-state index contributed by atoms with van der Waals surface area (Å²) < 4.78 is 5.34. The fourth-order valence-corrected chi connectivity index (χ4v) is 3.48. The van der Waals surface area contributed by atoms with Crippen molar-refractivity contribution in [2.24, 2.45) is 0 Å². The molecule has 0 amide bonds. The SMILES string of the molecule is O=C(CCc1ccc([N+](=O)[O-])s1)c1ccc(N2CCOCC2)cc1. The Morgan fingerprint density at radius 2 is 1.88 bits per heavy atom. The Morgan fingerprint density at radius 1 is 1.17 bits per heavy atom. The maximum atomic E-state index is 12.3. The van der Waals surface area contributed by atoms with Gasteiger partial charge in [0.15, 0.2) is 5.78 Å². The molecular formula is C17H18N2O4S. The van der Waals surface area contributed by atoms with Gasteiger partial charge in [-0.15, -0.1) is 0 Å². The van der Waals surface area contributed by atoms with E-state index in [9.17, 15) is 14.9 Å². The second-order valence-corrected chi connectivity index (χ2v) is 6.71. The van der Waals surface area contributed by atoms with Crippen LogP contribution in [0.25, 0.3) is 0 Å². The van der Waals surface area contributed by atoms with Gasteiger partial charge >= 0.3 is 5.00 Å². The number of aryl methyl sites for hydroxylation is 1. The number of carbonyl (C=O) groups excluding carboxylic acids is 1. The molecule has 0 N–H and O–H groups in total. The number of carbonyl (C=O) groups is 1. The first-order chi connectivity index (χ1) is 11.6. The maximum Gasteiger partial charge on any atom is 0.324 e. The minimum atomic E-state index is -0.402. The number of nitro groups is 1. The molecule has 7 heteroatoms. The number of Topliss-reactive ketones (excluding diaryl/α,β-unsaturated/α-hetero) is 1. The van der Waals surface area contributed by atoms with Crippen LogP contribution in [0.4, 0.5) is 10.7 Å². The zero-order valence-electron chi connectivity index (χ0n) is 13.1. The Labute approximate surface area is 143 Å². The second kappa shape index (κ2) is 7.55. The second-order valence-electron chi connectivity index (χ2n) is 5.57. The van der Waals surface area contributed by atoms with Crippen molar-refractivity contribution < 1.29 is 14.5 Å². The monoisotopic (exact) mass is 346 g/mol. The number of thiophene rings is 1. The summed E-state index contributed by atoms with van der Waals surface area (Å²) in [5, 5.41) is 10.8. The highest BCUT2D eigenvalue weighted by atomic mass is 32.1. The third-order valence-electron chi connectivity index (χ3n) is 3.99. The molecule has 1 saturated heterocycles.